The number of rotatable bonds is 7. The Morgan fingerprint density at radius 2 is 2.28 bits per heavy atom. The monoisotopic (exact) mass is 333 g/mol. The molecule has 4 nitrogen and oxygen atoms in total. The minimum atomic E-state index is -0.872. The van der Waals surface area contributed by atoms with E-state index >= 15 is 0 Å². The van der Waals surface area contributed by atoms with Gasteiger partial charge in [0.25, 0.3) is 0 Å². The first-order chi connectivity index (χ1) is 8.52. The largest absolute Gasteiger partial charge is 0.481 e. The van der Waals surface area contributed by atoms with Crippen molar-refractivity contribution >= 4 is 39.9 Å². The first-order valence-corrected chi connectivity index (χ1v) is 6.55. The highest BCUT2D eigenvalue weighted by molar-refractivity contribution is 9.10. The maximum absolute atomic E-state index is 10.5. The van der Waals surface area contributed by atoms with E-state index in [1.807, 2.05) is 6.07 Å². The summed E-state index contributed by atoms with van der Waals surface area (Å²) in [6.07, 6.45) is 1.57. The van der Waals surface area contributed by atoms with Crippen LogP contribution < -0.4 is 5.32 Å². The second-order valence-corrected chi connectivity index (χ2v) is 5.14. The molecule has 18 heavy (non-hydrogen) atoms. The third kappa shape index (κ3) is 5.06. The second kappa shape index (κ2) is 7.38. The van der Waals surface area contributed by atoms with Crippen LogP contribution in [-0.4, -0.2) is 23.5 Å². The van der Waals surface area contributed by atoms with Gasteiger partial charge in [0.2, 0.25) is 6.41 Å². The maximum Gasteiger partial charge on any atom is 0.303 e. The Morgan fingerprint density at radius 3 is 2.83 bits per heavy atom. The Kier molecular flexibility index (Phi) is 6.15. The fourth-order valence-corrected chi connectivity index (χ4v) is 2.44. The van der Waals surface area contributed by atoms with Crippen LogP contribution in [-0.2, 0) is 16.0 Å². The van der Waals surface area contributed by atoms with Crippen LogP contribution in [0.15, 0.2) is 22.7 Å². The standard InChI is InChI=1S/C12H13BrClNO3/c13-11-6-9(14)2-1-8(11)5-10(15-7-16)3-4-12(17)18/h1-2,6-7,10H,3-5H2,(H,15,16)(H,17,18). The number of halogens is 2. The van der Waals surface area contributed by atoms with E-state index in [2.05, 4.69) is 21.2 Å². The molecular weight excluding hydrogens is 321 g/mol. The summed E-state index contributed by atoms with van der Waals surface area (Å²) >= 11 is 9.23. The van der Waals surface area contributed by atoms with Crippen LogP contribution in [0, 0.1) is 0 Å². The molecule has 1 amide bonds. The second-order valence-electron chi connectivity index (χ2n) is 3.85. The van der Waals surface area contributed by atoms with E-state index in [4.69, 9.17) is 16.7 Å². The Bertz CT molecular complexity index is 439. The number of carboxylic acids is 1. The van der Waals surface area contributed by atoms with Crippen LogP contribution in [0.5, 0.6) is 0 Å². The normalized spacial score (nSPS) is 11.9. The molecule has 0 bridgehead atoms. The van der Waals surface area contributed by atoms with Gasteiger partial charge in [-0.15, -0.1) is 0 Å². The summed E-state index contributed by atoms with van der Waals surface area (Å²) in [6, 6.07) is 5.19. The van der Waals surface area contributed by atoms with Crippen molar-refractivity contribution in [1.82, 2.24) is 5.32 Å². The lowest BCUT2D eigenvalue weighted by Crippen LogP contribution is -2.30. The van der Waals surface area contributed by atoms with Gasteiger partial charge in [-0.05, 0) is 30.5 Å². The molecule has 1 unspecified atom stereocenters. The van der Waals surface area contributed by atoms with Crippen molar-refractivity contribution in [1.29, 1.82) is 0 Å². The maximum atomic E-state index is 10.5. The molecule has 0 aromatic heterocycles. The molecule has 1 aromatic rings. The topological polar surface area (TPSA) is 66.4 Å². The first-order valence-electron chi connectivity index (χ1n) is 5.38. The van der Waals surface area contributed by atoms with Crippen LogP contribution in [0.4, 0.5) is 0 Å². The third-order valence-corrected chi connectivity index (χ3v) is 3.47. The summed E-state index contributed by atoms with van der Waals surface area (Å²) < 4.78 is 0.850. The van der Waals surface area contributed by atoms with Crippen molar-refractivity contribution in [3.05, 3.63) is 33.3 Å². The Hall–Kier alpha value is -1.07. The molecule has 0 spiro atoms. The summed E-state index contributed by atoms with van der Waals surface area (Å²) in [5, 5.41) is 11.9. The van der Waals surface area contributed by atoms with Crippen molar-refractivity contribution in [2.75, 3.05) is 0 Å². The van der Waals surface area contributed by atoms with Crippen LogP contribution in [0.2, 0.25) is 5.02 Å². The number of amides is 1. The molecule has 1 rings (SSSR count). The summed E-state index contributed by atoms with van der Waals surface area (Å²) in [4.78, 5) is 21.0. The Morgan fingerprint density at radius 1 is 1.56 bits per heavy atom. The number of nitrogens with one attached hydrogen (secondary N) is 1. The highest BCUT2D eigenvalue weighted by atomic mass is 79.9. The van der Waals surface area contributed by atoms with Crippen molar-refractivity contribution in [3.8, 4) is 0 Å². The minimum Gasteiger partial charge on any atom is -0.481 e. The van der Waals surface area contributed by atoms with Gasteiger partial charge >= 0.3 is 5.97 Å². The molecule has 0 saturated carbocycles. The van der Waals surface area contributed by atoms with Crippen LogP contribution >= 0.6 is 27.5 Å². The van der Waals surface area contributed by atoms with E-state index in [1.165, 1.54) is 0 Å². The lowest BCUT2D eigenvalue weighted by atomic mass is 10.0. The van der Waals surface area contributed by atoms with Gasteiger partial charge in [-0.2, -0.15) is 0 Å². The van der Waals surface area contributed by atoms with Crippen molar-refractivity contribution < 1.29 is 14.7 Å². The molecule has 0 aliphatic carbocycles. The van der Waals surface area contributed by atoms with E-state index < -0.39 is 5.97 Å². The SMILES string of the molecule is O=CNC(CCC(=O)O)Cc1ccc(Cl)cc1Br. The summed E-state index contributed by atoms with van der Waals surface area (Å²) in [5.74, 6) is -0.872. The number of aliphatic carboxylic acids is 1. The fourth-order valence-electron chi connectivity index (χ4n) is 1.59. The van der Waals surface area contributed by atoms with Crippen molar-refractivity contribution in [2.24, 2.45) is 0 Å². The fraction of sp³-hybridized carbons (Fsp3) is 0.333. The van der Waals surface area contributed by atoms with Crippen LogP contribution in [0.3, 0.4) is 0 Å². The molecule has 1 atom stereocenters. The van der Waals surface area contributed by atoms with Gasteiger partial charge in [0.1, 0.15) is 0 Å². The lowest BCUT2D eigenvalue weighted by molar-refractivity contribution is -0.137. The number of carbonyl (C=O) groups is 2. The van der Waals surface area contributed by atoms with Gasteiger partial charge in [0.15, 0.2) is 0 Å². The predicted molar refractivity (Wildman–Crippen MR) is 72.7 cm³/mol. The quantitative estimate of drug-likeness (QED) is 0.753. The van der Waals surface area contributed by atoms with E-state index in [0.29, 0.717) is 24.3 Å². The van der Waals surface area contributed by atoms with Crippen LogP contribution in [0.25, 0.3) is 0 Å². The molecule has 6 heteroatoms. The molecule has 0 fully saturated rings. The number of carbonyl (C=O) groups excluding carboxylic acids is 1. The minimum absolute atomic E-state index is 0.0245. The molecule has 1 aromatic carbocycles. The summed E-state index contributed by atoms with van der Waals surface area (Å²) in [6.45, 7) is 0. The van der Waals surface area contributed by atoms with Crippen LogP contribution in [0.1, 0.15) is 18.4 Å². The van der Waals surface area contributed by atoms with E-state index in [-0.39, 0.29) is 12.5 Å². The highest BCUT2D eigenvalue weighted by Crippen LogP contribution is 2.23. The molecule has 0 heterocycles. The number of hydrogen-bond acceptors (Lipinski definition) is 2. The van der Waals surface area contributed by atoms with Crippen molar-refractivity contribution in [2.45, 2.75) is 25.3 Å². The first kappa shape index (κ1) is 15.0. The molecule has 98 valence electrons. The molecule has 2 N–H and O–H groups in total. The summed E-state index contributed by atoms with van der Waals surface area (Å²) in [5.41, 5.74) is 0.976. The highest BCUT2D eigenvalue weighted by Gasteiger charge is 2.12. The summed E-state index contributed by atoms with van der Waals surface area (Å²) in [7, 11) is 0. The number of benzene rings is 1. The number of carboxylic acid groups (broad SMARTS) is 1. The average Bonchev–Trinajstić information content (AvgIpc) is 2.29. The average molecular weight is 335 g/mol. The third-order valence-electron chi connectivity index (χ3n) is 2.49. The van der Waals surface area contributed by atoms with Gasteiger partial charge in [0, 0.05) is 22.0 Å². The molecular formula is C12H13BrClNO3. The van der Waals surface area contributed by atoms with Gasteiger partial charge in [0.05, 0.1) is 0 Å². The van der Waals surface area contributed by atoms with Gasteiger partial charge in [-0.25, -0.2) is 0 Å². The van der Waals surface area contributed by atoms with E-state index in [9.17, 15) is 9.59 Å². The molecule has 0 saturated heterocycles. The zero-order valence-corrected chi connectivity index (χ0v) is 11.9. The molecule has 0 radical (unpaired) electrons. The van der Waals surface area contributed by atoms with Gasteiger partial charge < -0.3 is 10.4 Å². The van der Waals surface area contributed by atoms with E-state index in [0.717, 1.165) is 10.0 Å². The lowest BCUT2D eigenvalue weighted by Gasteiger charge is -2.16. The Balaban J connectivity index is 2.69. The predicted octanol–water partition coefficient (Wildman–Crippen LogP) is 2.62. The Labute approximate surface area is 118 Å². The van der Waals surface area contributed by atoms with Gasteiger partial charge in [-0.3, -0.25) is 9.59 Å². The number of hydrogen-bond donors (Lipinski definition) is 2. The zero-order chi connectivity index (χ0) is 13.5. The molecule has 0 aliphatic rings. The van der Waals surface area contributed by atoms with Crippen molar-refractivity contribution in [3.63, 3.8) is 0 Å². The smallest absolute Gasteiger partial charge is 0.303 e. The zero-order valence-electron chi connectivity index (χ0n) is 9.53. The molecule has 0 aliphatic heterocycles. The van der Waals surface area contributed by atoms with Gasteiger partial charge in [-0.1, -0.05) is 33.6 Å². The van der Waals surface area contributed by atoms with E-state index in [1.54, 1.807) is 12.1 Å².